The smallest absolute Gasteiger partial charge is 0.321 e. The number of piperazine rings is 1. The Balaban J connectivity index is 1.27. The van der Waals surface area contributed by atoms with Crippen molar-refractivity contribution in [1.29, 1.82) is 0 Å². The average molecular weight is 528 g/mol. The lowest BCUT2D eigenvalue weighted by molar-refractivity contribution is 0.154. The van der Waals surface area contributed by atoms with Gasteiger partial charge in [0.15, 0.2) is 11.0 Å². The molecule has 0 atom stereocenters. The second-order valence-electron chi connectivity index (χ2n) is 9.28. The summed E-state index contributed by atoms with van der Waals surface area (Å²) in [6.07, 6.45) is 4.09. The predicted molar refractivity (Wildman–Crippen MR) is 146 cm³/mol. The molecule has 2 amide bonds. The Kier molecular flexibility index (Phi) is 9.42. The molecule has 0 saturated carbocycles. The summed E-state index contributed by atoms with van der Waals surface area (Å²) in [7, 11) is 2.17. The fraction of sp³-hybridized carbons (Fsp3) is 0.560. The highest BCUT2D eigenvalue weighted by molar-refractivity contribution is 7.19. The van der Waals surface area contributed by atoms with Crippen molar-refractivity contribution < 1.29 is 9.21 Å². The van der Waals surface area contributed by atoms with Gasteiger partial charge in [-0.15, -0.1) is 0 Å². The molecule has 3 aromatic heterocycles. The number of aryl methyl sites for hydroxylation is 3. The Morgan fingerprint density at radius 2 is 1.95 bits per heavy atom. The summed E-state index contributed by atoms with van der Waals surface area (Å²) >= 11 is 1.40. The molecule has 3 aromatic rings. The van der Waals surface area contributed by atoms with Gasteiger partial charge in [0.05, 0.1) is 22.5 Å². The van der Waals surface area contributed by atoms with E-state index in [2.05, 4.69) is 47.7 Å². The van der Waals surface area contributed by atoms with Crippen LogP contribution in [-0.2, 0) is 12.8 Å². The van der Waals surface area contributed by atoms with Crippen molar-refractivity contribution in [2.45, 2.75) is 40.0 Å². The van der Waals surface area contributed by atoms with Crippen molar-refractivity contribution >= 4 is 28.4 Å². The van der Waals surface area contributed by atoms with E-state index in [1.54, 1.807) is 6.20 Å². The largest absolute Gasteiger partial charge is 0.446 e. The molecular formula is C25H37N9O2S. The van der Waals surface area contributed by atoms with Gasteiger partial charge in [-0.05, 0) is 39.9 Å². The molecule has 1 fully saturated rings. The lowest BCUT2D eigenvalue weighted by Gasteiger charge is -2.32. The van der Waals surface area contributed by atoms with Crippen LogP contribution in [0.3, 0.4) is 0 Å². The third-order valence-corrected chi connectivity index (χ3v) is 7.30. The van der Waals surface area contributed by atoms with Crippen molar-refractivity contribution in [3.8, 4) is 10.6 Å². The van der Waals surface area contributed by atoms with Gasteiger partial charge in [0, 0.05) is 57.8 Å². The second kappa shape index (κ2) is 12.9. The third-order valence-electron chi connectivity index (χ3n) is 6.21. The van der Waals surface area contributed by atoms with Crippen LogP contribution in [0.4, 0.5) is 15.9 Å². The van der Waals surface area contributed by atoms with E-state index in [1.807, 2.05) is 26.8 Å². The molecule has 11 nitrogen and oxygen atoms in total. The molecule has 37 heavy (non-hydrogen) atoms. The van der Waals surface area contributed by atoms with Crippen LogP contribution < -0.4 is 16.0 Å². The summed E-state index contributed by atoms with van der Waals surface area (Å²) in [6.45, 7) is 12.7. The minimum Gasteiger partial charge on any atom is -0.446 e. The van der Waals surface area contributed by atoms with Crippen LogP contribution in [0.1, 0.15) is 36.4 Å². The molecule has 1 saturated heterocycles. The molecule has 12 heteroatoms. The van der Waals surface area contributed by atoms with Gasteiger partial charge >= 0.3 is 6.03 Å². The summed E-state index contributed by atoms with van der Waals surface area (Å²) in [4.78, 5) is 36.2. The molecule has 4 rings (SSSR count). The quantitative estimate of drug-likeness (QED) is 0.323. The fourth-order valence-corrected chi connectivity index (χ4v) is 5.00. The number of anilines is 2. The Bertz CT molecular complexity index is 1170. The highest BCUT2D eigenvalue weighted by Crippen LogP contribution is 2.32. The lowest BCUT2D eigenvalue weighted by atomic mass is 10.2. The lowest BCUT2D eigenvalue weighted by Crippen LogP contribution is -2.44. The Labute approximate surface area is 222 Å². The zero-order valence-corrected chi connectivity index (χ0v) is 23.0. The van der Waals surface area contributed by atoms with Crippen LogP contribution in [-0.4, -0.2) is 88.6 Å². The molecule has 200 valence electrons. The molecule has 4 heterocycles. The molecular weight excluding hydrogens is 490 g/mol. The van der Waals surface area contributed by atoms with Crippen LogP contribution in [0.25, 0.3) is 10.6 Å². The number of urea groups is 1. The molecule has 0 unspecified atom stereocenters. The van der Waals surface area contributed by atoms with E-state index in [0.29, 0.717) is 29.9 Å². The molecule has 0 aromatic carbocycles. The first-order chi connectivity index (χ1) is 17.9. The Morgan fingerprint density at radius 3 is 2.70 bits per heavy atom. The number of likely N-dealkylation sites (N-methyl/N-ethyl adjacent to an activating group) is 1. The van der Waals surface area contributed by atoms with Gasteiger partial charge in [0.25, 0.3) is 0 Å². The normalized spacial score (nSPS) is 14.6. The molecule has 0 spiro atoms. The van der Waals surface area contributed by atoms with Gasteiger partial charge < -0.3 is 24.9 Å². The number of rotatable bonds is 11. The van der Waals surface area contributed by atoms with E-state index < -0.39 is 0 Å². The number of thiazole rings is 1. The molecule has 0 radical (unpaired) electrons. The first-order valence-corrected chi connectivity index (χ1v) is 13.7. The van der Waals surface area contributed by atoms with Gasteiger partial charge in [-0.2, -0.15) is 0 Å². The maximum atomic E-state index is 12.4. The highest BCUT2D eigenvalue weighted by atomic mass is 32.1. The van der Waals surface area contributed by atoms with Gasteiger partial charge in [-0.25, -0.2) is 24.7 Å². The topological polar surface area (TPSA) is 124 Å². The SMILES string of the molecule is CCc1cnc(CCNC(=O)Nc2nc(C)c(-c3cc(C)nc(NCCCN4CCN(C)CC4)n3)s2)o1. The first-order valence-electron chi connectivity index (χ1n) is 12.9. The molecule has 0 aliphatic carbocycles. The standard InChI is InChI=1S/C25H37N9O2S/c1-5-19-16-28-21(36-19)7-9-27-24(35)32-25-30-18(3)22(37-25)20-15-17(2)29-23(31-20)26-8-6-10-34-13-11-33(4)12-14-34/h15-16H,5-14H2,1-4H3,(H,26,29,31)(H2,27,30,32,35). The third kappa shape index (κ3) is 7.94. The average Bonchev–Trinajstić information content (AvgIpc) is 3.48. The summed E-state index contributed by atoms with van der Waals surface area (Å²) in [5.41, 5.74) is 2.49. The van der Waals surface area contributed by atoms with E-state index in [0.717, 1.165) is 79.8 Å². The van der Waals surface area contributed by atoms with Crippen molar-refractivity contribution in [3.63, 3.8) is 0 Å². The van der Waals surface area contributed by atoms with Crippen molar-refractivity contribution in [1.82, 2.24) is 35.1 Å². The Hall–Kier alpha value is -3.09. The van der Waals surface area contributed by atoms with E-state index >= 15 is 0 Å². The van der Waals surface area contributed by atoms with Crippen LogP contribution >= 0.6 is 11.3 Å². The van der Waals surface area contributed by atoms with Gasteiger partial charge in [-0.3, -0.25) is 5.32 Å². The fourth-order valence-electron chi connectivity index (χ4n) is 4.08. The number of hydrogen-bond acceptors (Lipinski definition) is 10. The van der Waals surface area contributed by atoms with Crippen molar-refractivity contribution in [2.24, 2.45) is 0 Å². The summed E-state index contributed by atoms with van der Waals surface area (Å²) < 4.78 is 5.57. The van der Waals surface area contributed by atoms with Crippen LogP contribution in [0.2, 0.25) is 0 Å². The Morgan fingerprint density at radius 1 is 1.14 bits per heavy atom. The maximum Gasteiger partial charge on any atom is 0.321 e. The minimum absolute atomic E-state index is 0.316. The van der Waals surface area contributed by atoms with E-state index in [4.69, 9.17) is 9.40 Å². The van der Waals surface area contributed by atoms with Crippen LogP contribution in [0, 0.1) is 13.8 Å². The minimum atomic E-state index is -0.316. The number of hydrogen-bond donors (Lipinski definition) is 3. The van der Waals surface area contributed by atoms with E-state index in [-0.39, 0.29) is 6.03 Å². The summed E-state index contributed by atoms with van der Waals surface area (Å²) in [6, 6.07) is 1.63. The molecule has 3 N–H and O–H groups in total. The van der Waals surface area contributed by atoms with Crippen LogP contribution in [0.5, 0.6) is 0 Å². The number of amides is 2. The van der Waals surface area contributed by atoms with Gasteiger partial charge in [-0.1, -0.05) is 18.3 Å². The number of nitrogens with one attached hydrogen (secondary N) is 3. The van der Waals surface area contributed by atoms with E-state index in [1.165, 1.54) is 11.3 Å². The summed E-state index contributed by atoms with van der Waals surface area (Å²) in [5.74, 6) is 2.08. The highest BCUT2D eigenvalue weighted by Gasteiger charge is 2.16. The number of carbonyl (C=O) groups is 1. The van der Waals surface area contributed by atoms with Crippen LogP contribution in [0.15, 0.2) is 16.7 Å². The monoisotopic (exact) mass is 527 g/mol. The number of aromatic nitrogens is 4. The second-order valence-corrected chi connectivity index (χ2v) is 10.3. The zero-order chi connectivity index (χ0) is 26.2. The molecule has 1 aliphatic rings. The molecule has 1 aliphatic heterocycles. The summed E-state index contributed by atoms with van der Waals surface area (Å²) in [5, 5.41) is 9.54. The number of nitrogens with zero attached hydrogens (tertiary/aromatic N) is 6. The van der Waals surface area contributed by atoms with Gasteiger partial charge in [0.1, 0.15) is 5.76 Å². The first kappa shape index (κ1) is 27.0. The molecule has 0 bridgehead atoms. The predicted octanol–water partition coefficient (Wildman–Crippen LogP) is 3.18. The van der Waals surface area contributed by atoms with Crippen molar-refractivity contribution in [2.75, 3.05) is 63.5 Å². The number of oxazole rings is 1. The zero-order valence-electron chi connectivity index (χ0n) is 22.1. The van der Waals surface area contributed by atoms with Gasteiger partial charge in [0.2, 0.25) is 5.95 Å². The maximum absolute atomic E-state index is 12.4. The van der Waals surface area contributed by atoms with Crippen molar-refractivity contribution in [3.05, 3.63) is 35.3 Å². The number of carbonyl (C=O) groups excluding carboxylic acids is 1. The van der Waals surface area contributed by atoms with E-state index in [9.17, 15) is 4.79 Å².